The smallest absolute Gasteiger partial charge is 0.391 e. The summed E-state index contributed by atoms with van der Waals surface area (Å²) >= 11 is 0. The molecule has 0 saturated heterocycles. The van der Waals surface area contributed by atoms with Crippen molar-refractivity contribution in [1.82, 2.24) is 0 Å². The largest absolute Gasteiger partial charge is 0.393 e. The van der Waals surface area contributed by atoms with Crippen LogP contribution in [-0.2, 0) is 0 Å². The summed E-state index contributed by atoms with van der Waals surface area (Å²) in [5.41, 5.74) is 0. The zero-order chi connectivity index (χ0) is 6.78. The van der Waals surface area contributed by atoms with Crippen molar-refractivity contribution in [2.75, 3.05) is 0 Å². The quantitative estimate of drug-likeness (QED) is 0.564. The minimum absolute atomic E-state index is 1.10. The molecule has 0 saturated carbocycles. The fourth-order valence-electron chi connectivity index (χ4n) is 0.335. The molecule has 0 fully saturated rings. The highest BCUT2D eigenvalue weighted by atomic mass is 19.4. The summed E-state index contributed by atoms with van der Waals surface area (Å²) in [6.07, 6.45) is -6.63. The fourth-order valence-corrected chi connectivity index (χ4v) is 0.335. The maximum Gasteiger partial charge on any atom is 0.391 e. The van der Waals surface area contributed by atoms with Gasteiger partial charge in [0.25, 0.3) is 0 Å². The summed E-state index contributed by atoms with van der Waals surface area (Å²) < 4.78 is 33.4. The van der Waals surface area contributed by atoms with Crippen molar-refractivity contribution in [3.8, 4) is 0 Å². The van der Waals surface area contributed by atoms with Crippen LogP contribution < -0.4 is 0 Å². The van der Waals surface area contributed by atoms with Crippen LogP contribution in [0, 0.1) is 0 Å². The third-order valence-corrected chi connectivity index (χ3v) is 0.527. The molecule has 1 N–H and O–H groups in total. The average Bonchev–Trinajstić information content (AvgIpc) is 1.21. The summed E-state index contributed by atoms with van der Waals surface area (Å²) in [5, 5.41) is 8.17. The van der Waals surface area contributed by atoms with E-state index in [4.69, 9.17) is 5.11 Å². The number of alkyl halides is 3. The van der Waals surface area contributed by atoms with E-state index < -0.39 is 18.7 Å². The topological polar surface area (TPSA) is 20.2 Å². The van der Waals surface area contributed by atoms with Gasteiger partial charge >= 0.3 is 6.18 Å². The first kappa shape index (κ1) is 7.75. The standard InChI is InChI=1S/C4H7F3O/c1-3(8)2-4(5,6)7/h3,8H,2H2,1H3/t3-/m1/s1. The van der Waals surface area contributed by atoms with Crippen LogP contribution in [0.15, 0.2) is 0 Å². The molecular formula is C4H7F3O. The van der Waals surface area contributed by atoms with Crippen molar-refractivity contribution < 1.29 is 18.3 Å². The van der Waals surface area contributed by atoms with Crippen molar-refractivity contribution in [2.24, 2.45) is 0 Å². The second kappa shape index (κ2) is 2.35. The van der Waals surface area contributed by atoms with Gasteiger partial charge in [-0.2, -0.15) is 13.2 Å². The lowest BCUT2D eigenvalue weighted by atomic mass is 10.3. The van der Waals surface area contributed by atoms with Gasteiger partial charge in [0.2, 0.25) is 0 Å². The number of hydrogen-bond acceptors (Lipinski definition) is 1. The van der Waals surface area contributed by atoms with Crippen molar-refractivity contribution in [3.63, 3.8) is 0 Å². The SMILES string of the molecule is C[C@@H](O)CC(F)(F)F. The number of halogens is 3. The van der Waals surface area contributed by atoms with Gasteiger partial charge < -0.3 is 5.11 Å². The highest BCUT2D eigenvalue weighted by Crippen LogP contribution is 2.20. The van der Waals surface area contributed by atoms with Crippen molar-refractivity contribution in [1.29, 1.82) is 0 Å². The molecule has 0 aliphatic heterocycles. The maximum absolute atomic E-state index is 11.1. The molecule has 50 valence electrons. The molecule has 0 aromatic rings. The summed E-state index contributed by atoms with van der Waals surface area (Å²) in [7, 11) is 0. The lowest BCUT2D eigenvalue weighted by Crippen LogP contribution is -2.15. The van der Waals surface area contributed by atoms with Gasteiger partial charge in [-0.05, 0) is 6.92 Å². The molecule has 0 rings (SSSR count). The summed E-state index contributed by atoms with van der Waals surface area (Å²) in [4.78, 5) is 0. The number of hydrogen-bond donors (Lipinski definition) is 1. The van der Waals surface area contributed by atoms with Crippen LogP contribution in [0.1, 0.15) is 13.3 Å². The van der Waals surface area contributed by atoms with Gasteiger partial charge in [0.05, 0.1) is 12.5 Å². The predicted octanol–water partition coefficient (Wildman–Crippen LogP) is 1.32. The van der Waals surface area contributed by atoms with Gasteiger partial charge in [0.1, 0.15) is 0 Å². The molecule has 0 aromatic carbocycles. The Bertz CT molecular complexity index is 66.2. The molecule has 8 heavy (non-hydrogen) atoms. The minimum atomic E-state index is -4.23. The molecule has 0 amide bonds. The molecule has 0 aliphatic rings. The van der Waals surface area contributed by atoms with E-state index >= 15 is 0 Å². The van der Waals surface area contributed by atoms with Crippen molar-refractivity contribution in [3.05, 3.63) is 0 Å². The zero-order valence-electron chi connectivity index (χ0n) is 4.37. The zero-order valence-corrected chi connectivity index (χ0v) is 4.37. The lowest BCUT2D eigenvalue weighted by molar-refractivity contribution is -0.151. The van der Waals surface area contributed by atoms with Crippen LogP contribution in [0.2, 0.25) is 0 Å². The first-order chi connectivity index (χ1) is 3.42. The molecule has 0 aromatic heterocycles. The van der Waals surface area contributed by atoms with Gasteiger partial charge in [-0.1, -0.05) is 0 Å². The molecule has 0 bridgehead atoms. The average molecular weight is 128 g/mol. The molecule has 0 heterocycles. The van der Waals surface area contributed by atoms with E-state index in [1.54, 1.807) is 0 Å². The monoisotopic (exact) mass is 128 g/mol. The second-order valence-corrected chi connectivity index (χ2v) is 1.67. The lowest BCUT2D eigenvalue weighted by Gasteiger charge is -2.06. The number of aliphatic hydroxyl groups excluding tert-OH is 1. The molecule has 1 atom stereocenters. The maximum atomic E-state index is 11.1. The first-order valence-corrected chi connectivity index (χ1v) is 2.16. The number of rotatable bonds is 1. The van der Waals surface area contributed by atoms with Gasteiger partial charge in [0, 0.05) is 0 Å². The van der Waals surface area contributed by atoms with E-state index in [-0.39, 0.29) is 0 Å². The van der Waals surface area contributed by atoms with Crippen LogP contribution in [0.4, 0.5) is 13.2 Å². The van der Waals surface area contributed by atoms with E-state index in [0.717, 1.165) is 6.92 Å². The Balaban J connectivity index is 3.39. The Morgan fingerprint density at radius 2 is 1.88 bits per heavy atom. The van der Waals surface area contributed by atoms with Gasteiger partial charge in [-0.15, -0.1) is 0 Å². The van der Waals surface area contributed by atoms with E-state index in [2.05, 4.69) is 0 Å². The van der Waals surface area contributed by atoms with E-state index in [0.29, 0.717) is 0 Å². The van der Waals surface area contributed by atoms with Crippen LogP contribution in [-0.4, -0.2) is 17.4 Å². The summed E-state index contributed by atoms with van der Waals surface area (Å²) in [6, 6.07) is 0. The van der Waals surface area contributed by atoms with Crippen molar-refractivity contribution in [2.45, 2.75) is 25.6 Å². The van der Waals surface area contributed by atoms with Crippen molar-refractivity contribution >= 4 is 0 Å². The first-order valence-electron chi connectivity index (χ1n) is 2.16. The highest BCUT2D eigenvalue weighted by Gasteiger charge is 2.28. The van der Waals surface area contributed by atoms with E-state index in [1.165, 1.54) is 0 Å². The summed E-state index contributed by atoms with van der Waals surface area (Å²) in [6.45, 7) is 1.10. The Hall–Kier alpha value is -0.250. The number of aliphatic hydroxyl groups is 1. The molecule has 4 heteroatoms. The van der Waals surface area contributed by atoms with Gasteiger partial charge in [-0.3, -0.25) is 0 Å². The molecule has 0 radical (unpaired) electrons. The van der Waals surface area contributed by atoms with Crippen LogP contribution in [0.3, 0.4) is 0 Å². The third kappa shape index (κ3) is 5.75. The van der Waals surface area contributed by atoms with Crippen LogP contribution in [0.5, 0.6) is 0 Å². The Labute approximate surface area is 45.1 Å². The summed E-state index contributed by atoms with van der Waals surface area (Å²) in [5.74, 6) is 0. The Kier molecular flexibility index (Phi) is 2.27. The molecule has 1 nitrogen and oxygen atoms in total. The fraction of sp³-hybridized carbons (Fsp3) is 1.00. The van der Waals surface area contributed by atoms with Crippen LogP contribution in [0.25, 0.3) is 0 Å². The van der Waals surface area contributed by atoms with Gasteiger partial charge in [-0.25, -0.2) is 0 Å². The highest BCUT2D eigenvalue weighted by molar-refractivity contribution is 4.54. The predicted molar refractivity (Wildman–Crippen MR) is 22.4 cm³/mol. The second-order valence-electron chi connectivity index (χ2n) is 1.67. The Morgan fingerprint density at radius 3 is 1.88 bits per heavy atom. The van der Waals surface area contributed by atoms with E-state index in [9.17, 15) is 13.2 Å². The molecular weight excluding hydrogens is 121 g/mol. The Morgan fingerprint density at radius 1 is 1.50 bits per heavy atom. The molecule has 0 spiro atoms. The normalized spacial score (nSPS) is 16.1. The van der Waals surface area contributed by atoms with E-state index in [1.807, 2.05) is 0 Å². The third-order valence-electron chi connectivity index (χ3n) is 0.527. The minimum Gasteiger partial charge on any atom is -0.393 e. The molecule has 0 aliphatic carbocycles. The molecule has 0 unspecified atom stereocenters. The van der Waals surface area contributed by atoms with Crippen LogP contribution >= 0.6 is 0 Å². The van der Waals surface area contributed by atoms with Gasteiger partial charge in [0.15, 0.2) is 0 Å².